The van der Waals surface area contributed by atoms with Crippen molar-refractivity contribution in [3.8, 4) is 0 Å². The van der Waals surface area contributed by atoms with Gasteiger partial charge in [0, 0.05) is 0 Å². The molecule has 0 aromatic heterocycles. The molecule has 0 radical (unpaired) electrons. The highest BCUT2D eigenvalue weighted by molar-refractivity contribution is 4.87. The summed E-state index contributed by atoms with van der Waals surface area (Å²) in [5, 5.41) is 46.5. The molecule has 0 bridgehead atoms. The van der Waals surface area contributed by atoms with Crippen molar-refractivity contribution in [1.29, 1.82) is 0 Å². The number of hydrogen-bond acceptors (Lipinski definition) is 6. The second-order valence-corrected chi connectivity index (χ2v) is 2.01. The van der Waals surface area contributed by atoms with Crippen LogP contribution in [0.4, 0.5) is 0 Å². The van der Waals surface area contributed by atoms with Gasteiger partial charge in [0.15, 0.2) is 6.27 Å². The summed E-state index contributed by atoms with van der Waals surface area (Å²) < 4.78 is 46.1. The van der Waals surface area contributed by atoms with Crippen molar-refractivity contribution in [2.75, 3.05) is 6.56 Å². The predicted octanol–water partition coefficient (Wildman–Crippen LogP) is -3.22. The van der Waals surface area contributed by atoms with E-state index in [1.807, 2.05) is 0 Å². The molecule has 0 spiro atoms. The largest absolute Gasteiger partial charge is 0.394 e. The smallest absolute Gasteiger partial charge is 0.184 e. The van der Waals surface area contributed by atoms with Gasteiger partial charge in [0.1, 0.15) is 24.3 Å². The van der Waals surface area contributed by atoms with Crippen molar-refractivity contribution in [2.45, 2.75) is 30.6 Å². The fraction of sp³-hybridized carbons (Fsp3) is 1.00. The first kappa shape index (κ1) is 4.32. The van der Waals surface area contributed by atoms with E-state index in [2.05, 4.69) is 4.74 Å². The Bertz CT molecular complexity index is 349. The van der Waals surface area contributed by atoms with Crippen LogP contribution in [0.1, 0.15) is 8.22 Å². The van der Waals surface area contributed by atoms with Crippen LogP contribution in [0.3, 0.4) is 0 Å². The van der Waals surface area contributed by atoms with Crippen LogP contribution in [0, 0.1) is 0 Å². The lowest BCUT2D eigenvalue weighted by atomic mass is 10.00. The molecule has 1 heterocycles. The molecule has 0 aromatic rings. The lowest BCUT2D eigenvalue weighted by molar-refractivity contribution is -0.286. The Balaban J connectivity index is 3.42. The van der Waals surface area contributed by atoms with Crippen molar-refractivity contribution in [1.82, 2.24) is 0 Å². The summed E-state index contributed by atoms with van der Waals surface area (Å²) in [5.74, 6) is 0. The van der Waals surface area contributed by atoms with Gasteiger partial charge in [-0.2, -0.15) is 0 Å². The summed E-state index contributed by atoms with van der Waals surface area (Å²) in [6, 6.07) is 0. The van der Waals surface area contributed by atoms with E-state index in [0.29, 0.717) is 0 Å². The Morgan fingerprint density at radius 2 is 1.75 bits per heavy atom. The van der Waals surface area contributed by atoms with Crippen molar-refractivity contribution < 1.29 is 38.5 Å². The summed E-state index contributed by atoms with van der Waals surface area (Å²) in [4.78, 5) is 0. The Kier molecular flexibility index (Phi) is 1.31. The topological polar surface area (TPSA) is 110 Å². The minimum Gasteiger partial charge on any atom is -0.394 e. The third-order valence-electron chi connectivity index (χ3n) is 1.26. The molecule has 0 aromatic carbocycles. The number of ether oxygens (including phenoxy) is 1. The maximum absolute atomic E-state index is 9.50. The van der Waals surface area contributed by atoms with E-state index in [1.54, 1.807) is 0 Å². The average Bonchev–Trinajstić information content (AvgIpc) is 2.09. The molecule has 0 amide bonds. The number of aliphatic hydroxyl groups is 5. The van der Waals surface area contributed by atoms with Gasteiger partial charge in [-0.3, -0.25) is 0 Å². The zero-order valence-electron chi connectivity index (χ0n) is 11.7. The van der Waals surface area contributed by atoms with Gasteiger partial charge in [0.05, 0.1) is 14.8 Å². The lowest BCUT2D eigenvalue weighted by Gasteiger charge is -2.37. The zero-order valence-corrected chi connectivity index (χ0v) is 5.72. The van der Waals surface area contributed by atoms with Gasteiger partial charge in [-0.15, -0.1) is 0 Å². The maximum atomic E-state index is 9.50. The third kappa shape index (κ3) is 1.58. The number of rotatable bonds is 1. The van der Waals surface area contributed by atoms with Gasteiger partial charge >= 0.3 is 0 Å². The molecule has 6 nitrogen and oxygen atoms in total. The predicted molar refractivity (Wildman–Crippen MR) is 36.0 cm³/mol. The molecule has 1 aliphatic rings. The van der Waals surface area contributed by atoms with Crippen LogP contribution in [0.25, 0.3) is 0 Å². The molecule has 0 unspecified atom stereocenters. The summed E-state index contributed by atoms with van der Waals surface area (Å²) in [6.07, 6.45) is -18.1. The molecule has 72 valence electrons. The van der Waals surface area contributed by atoms with E-state index in [-0.39, 0.29) is 0 Å². The van der Waals surface area contributed by atoms with E-state index >= 15 is 0 Å². The quantitative estimate of drug-likeness (QED) is 0.294. The molecule has 5 atom stereocenters. The Labute approximate surface area is 77.1 Å². The van der Waals surface area contributed by atoms with Crippen LogP contribution in [0.5, 0.6) is 0 Å². The molecular formula is C6H12O6. The fourth-order valence-electron chi connectivity index (χ4n) is 0.658. The van der Waals surface area contributed by atoms with Crippen LogP contribution in [0.15, 0.2) is 0 Å². The van der Waals surface area contributed by atoms with E-state index < -0.39 is 37.2 Å². The molecule has 1 rings (SSSR count). The van der Waals surface area contributed by atoms with Gasteiger partial charge in [-0.25, -0.2) is 0 Å². The van der Waals surface area contributed by atoms with Crippen LogP contribution >= 0.6 is 0 Å². The van der Waals surface area contributed by atoms with Crippen LogP contribution in [0.2, 0.25) is 0 Å². The molecule has 0 aliphatic carbocycles. The molecule has 1 saturated heterocycles. The molecule has 1 aliphatic heterocycles. The Morgan fingerprint density at radius 3 is 2.25 bits per heavy atom. The second kappa shape index (κ2) is 3.65. The van der Waals surface area contributed by atoms with Crippen LogP contribution < -0.4 is 0 Å². The number of hydrogen-bond donors (Lipinski definition) is 5. The zero-order chi connectivity index (χ0) is 14.8. The summed E-state index contributed by atoms with van der Waals surface area (Å²) in [6.45, 7) is -3.53. The first-order chi connectivity index (χ1) is 7.59. The maximum Gasteiger partial charge on any atom is 0.184 e. The Hall–Kier alpha value is -0.240. The molecular weight excluding hydrogens is 168 g/mol. The van der Waals surface area contributed by atoms with Crippen molar-refractivity contribution in [3.63, 3.8) is 0 Å². The SMILES string of the molecule is [2H]C([2H])(O)[C@H]1O[C@]([2H])(O)[C@]([2H])(O)[C@@]([2H])(O)[C@]1([2H])O. The summed E-state index contributed by atoms with van der Waals surface area (Å²) >= 11 is 0. The summed E-state index contributed by atoms with van der Waals surface area (Å²) in [5.41, 5.74) is 0. The van der Waals surface area contributed by atoms with Gasteiger partial charge < -0.3 is 30.3 Å². The van der Waals surface area contributed by atoms with E-state index in [4.69, 9.17) is 13.3 Å². The van der Waals surface area contributed by atoms with Crippen molar-refractivity contribution >= 4 is 0 Å². The standard InChI is InChI=1S/C6H12O6/c7-1-2-3(8)4(9)5(10)6(11)12-2/h2-11H,1H2/t2-,3-,4+,5-,6+/m1/s1/i1D2,3D,4D,5D,6D. The fourth-order valence-corrected chi connectivity index (χ4v) is 0.658. The van der Waals surface area contributed by atoms with Crippen LogP contribution in [-0.4, -0.2) is 62.7 Å². The molecule has 1 fully saturated rings. The van der Waals surface area contributed by atoms with E-state index in [1.165, 1.54) is 0 Å². The van der Waals surface area contributed by atoms with Crippen molar-refractivity contribution in [3.05, 3.63) is 0 Å². The minimum atomic E-state index is -3.94. The molecule has 12 heavy (non-hydrogen) atoms. The highest BCUT2D eigenvalue weighted by atomic mass is 16.6. The van der Waals surface area contributed by atoms with Gasteiger partial charge in [0.2, 0.25) is 0 Å². The van der Waals surface area contributed by atoms with Crippen molar-refractivity contribution in [2.24, 2.45) is 0 Å². The van der Waals surface area contributed by atoms with Gasteiger partial charge in [-0.05, 0) is 0 Å². The second-order valence-electron chi connectivity index (χ2n) is 2.01. The molecule has 5 N–H and O–H groups in total. The first-order valence-electron chi connectivity index (χ1n) is 5.89. The normalized spacial score (nSPS) is 82.2. The minimum absolute atomic E-state index is 2.78. The molecule has 6 heteroatoms. The van der Waals surface area contributed by atoms with E-state index in [0.717, 1.165) is 0 Å². The molecule has 0 saturated carbocycles. The Morgan fingerprint density at radius 1 is 1.17 bits per heavy atom. The van der Waals surface area contributed by atoms with Crippen LogP contribution in [-0.2, 0) is 4.74 Å². The highest BCUT2D eigenvalue weighted by Crippen LogP contribution is 2.18. The lowest BCUT2D eigenvalue weighted by Crippen LogP contribution is -2.58. The monoisotopic (exact) mass is 186 g/mol. The summed E-state index contributed by atoms with van der Waals surface area (Å²) in [7, 11) is 0. The van der Waals surface area contributed by atoms with Gasteiger partial charge in [-0.1, -0.05) is 0 Å². The highest BCUT2D eigenvalue weighted by Gasteiger charge is 2.42. The average molecular weight is 186 g/mol. The van der Waals surface area contributed by atoms with Gasteiger partial charge in [0.25, 0.3) is 0 Å². The first-order valence-corrected chi connectivity index (χ1v) is 2.89. The van der Waals surface area contributed by atoms with E-state index in [9.17, 15) is 20.4 Å². The third-order valence-corrected chi connectivity index (χ3v) is 1.26.